The van der Waals surface area contributed by atoms with Gasteiger partial charge in [-0.1, -0.05) is 6.07 Å². The van der Waals surface area contributed by atoms with Crippen LogP contribution in [0.4, 0.5) is 4.39 Å². The van der Waals surface area contributed by atoms with E-state index in [1.807, 2.05) is 0 Å². The monoisotopic (exact) mass is 250 g/mol. The van der Waals surface area contributed by atoms with Crippen LogP contribution in [0.2, 0.25) is 0 Å². The van der Waals surface area contributed by atoms with Crippen molar-refractivity contribution in [2.24, 2.45) is 0 Å². The molecule has 0 aliphatic heterocycles. The molecule has 1 heterocycles. The summed E-state index contributed by atoms with van der Waals surface area (Å²) in [6, 6.07) is 7.08. The second kappa shape index (κ2) is 5.46. The van der Waals surface area contributed by atoms with Crippen molar-refractivity contribution in [2.45, 2.75) is 13.2 Å². The average Bonchev–Trinajstić information content (AvgIpc) is 2.84. The van der Waals surface area contributed by atoms with Crippen molar-refractivity contribution >= 4 is 5.97 Å². The summed E-state index contributed by atoms with van der Waals surface area (Å²) >= 11 is 0. The Morgan fingerprint density at radius 1 is 1.33 bits per heavy atom. The van der Waals surface area contributed by atoms with Gasteiger partial charge in [0.05, 0.1) is 18.4 Å². The first-order chi connectivity index (χ1) is 8.66. The van der Waals surface area contributed by atoms with E-state index in [1.54, 1.807) is 12.1 Å². The smallest absolute Gasteiger partial charge is 0.336 e. The number of carboxylic acids is 1. The molecule has 0 aliphatic carbocycles. The van der Waals surface area contributed by atoms with Gasteiger partial charge in [0.25, 0.3) is 0 Å². The minimum absolute atomic E-state index is 0.0859. The third-order valence-corrected chi connectivity index (χ3v) is 2.38. The summed E-state index contributed by atoms with van der Waals surface area (Å²) in [6.07, 6.45) is 1.53. The molecule has 5 heteroatoms. The van der Waals surface area contributed by atoms with E-state index in [-0.39, 0.29) is 18.8 Å². The molecule has 94 valence electrons. The van der Waals surface area contributed by atoms with E-state index in [9.17, 15) is 9.18 Å². The van der Waals surface area contributed by atoms with E-state index in [2.05, 4.69) is 0 Å². The van der Waals surface area contributed by atoms with Crippen molar-refractivity contribution in [3.05, 3.63) is 59.3 Å². The molecule has 1 aromatic carbocycles. The Morgan fingerprint density at radius 3 is 2.83 bits per heavy atom. The number of furan rings is 1. The molecule has 1 aromatic heterocycles. The van der Waals surface area contributed by atoms with Crippen LogP contribution < -0.4 is 0 Å². The van der Waals surface area contributed by atoms with Crippen LogP contribution in [0.3, 0.4) is 0 Å². The van der Waals surface area contributed by atoms with Crippen LogP contribution in [-0.2, 0) is 18.0 Å². The fourth-order valence-electron chi connectivity index (χ4n) is 1.53. The van der Waals surface area contributed by atoms with Crippen molar-refractivity contribution in [1.29, 1.82) is 0 Å². The highest BCUT2D eigenvalue weighted by molar-refractivity contribution is 5.89. The lowest BCUT2D eigenvalue weighted by Gasteiger charge is -2.06. The molecule has 0 bridgehead atoms. The van der Waals surface area contributed by atoms with Gasteiger partial charge in [-0.05, 0) is 29.8 Å². The van der Waals surface area contributed by atoms with E-state index in [1.165, 1.54) is 18.4 Å². The molecule has 0 fully saturated rings. The molecule has 18 heavy (non-hydrogen) atoms. The first-order valence-corrected chi connectivity index (χ1v) is 5.28. The number of aromatic carboxylic acids is 1. The third-order valence-electron chi connectivity index (χ3n) is 2.38. The second-order valence-electron chi connectivity index (χ2n) is 3.68. The van der Waals surface area contributed by atoms with Crippen LogP contribution in [0, 0.1) is 5.82 Å². The molecule has 0 saturated carbocycles. The van der Waals surface area contributed by atoms with Gasteiger partial charge in [0.1, 0.15) is 18.2 Å². The van der Waals surface area contributed by atoms with E-state index < -0.39 is 11.8 Å². The highest BCUT2D eigenvalue weighted by atomic mass is 19.1. The molecule has 1 N–H and O–H groups in total. The first-order valence-electron chi connectivity index (χ1n) is 5.28. The molecule has 0 unspecified atom stereocenters. The van der Waals surface area contributed by atoms with Crippen molar-refractivity contribution in [3.8, 4) is 0 Å². The van der Waals surface area contributed by atoms with Gasteiger partial charge in [-0.2, -0.15) is 0 Å². The average molecular weight is 250 g/mol. The summed E-state index contributed by atoms with van der Waals surface area (Å²) < 4.78 is 23.3. The Morgan fingerprint density at radius 2 is 2.17 bits per heavy atom. The van der Waals surface area contributed by atoms with E-state index in [0.29, 0.717) is 11.3 Å². The summed E-state index contributed by atoms with van der Waals surface area (Å²) in [4.78, 5) is 10.9. The normalized spacial score (nSPS) is 10.5. The Balaban J connectivity index is 2.02. The van der Waals surface area contributed by atoms with E-state index >= 15 is 0 Å². The highest BCUT2D eigenvalue weighted by Gasteiger charge is 2.11. The quantitative estimate of drug-likeness (QED) is 0.886. The lowest BCUT2D eigenvalue weighted by molar-refractivity contribution is 0.0678. The van der Waals surface area contributed by atoms with Gasteiger partial charge >= 0.3 is 5.97 Å². The predicted octanol–water partition coefficient (Wildman–Crippen LogP) is 2.83. The molecule has 0 atom stereocenters. The molecule has 0 spiro atoms. The van der Waals surface area contributed by atoms with Gasteiger partial charge in [-0.3, -0.25) is 0 Å². The van der Waals surface area contributed by atoms with Gasteiger partial charge < -0.3 is 14.3 Å². The zero-order valence-electron chi connectivity index (χ0n) is 9.43. The maximum absolute atomic E-state index is 12.9. The van der Waals surface area contributed by atoms with Crippen LogP contribution in [0.5, 0.6) is 0 Å². The molecule has 0 saturated heterocycles. The standard InChI is InChI=1S/C13H11FO4/c14-10-4-3-9(12(6-10)13(15)16)7-17-8-11-2-1-5-18-11/h1-6H,7-8H2,(H,15,16). The largest absolute Gasteiger partial charge is 0.478 e. The van der Waals surface area contributed by atoms with Crippen LogP contribution >= 0.6 is 0 Å². The lowest BCUT2D eigenvalue weighted by atomic mass is 10.1. The summed E-state index contributed by atoms with van der Waals surface area (Å²) in [5.74, 6) is -1.11. The summed E-state index contributed by atoms with van der Waals surface area (Å²) in [5.41, 5.74) is 0.338. The number of hydrogen-bond acceptors (Lipinski definition) is 3. The summed E-state index contributed by atoms with van der Waals surface area (Å²) in [5, 5.41) is 8.93. The van der Waals surface area contributed by atoms with Crippen LogP contribution in [0.25, 0.3) is 0 Å². The lowest BCUT2D eigenvalue weighted by Crippen LogP contribution is -2.05. The number of hydrogen-bond donors (Lipinski definition) is 1. The van der Waals surface area contributed by atoms with Crippen molar-refractivity contribution in [3.63, 3.8) is 0 Å². The number of carboxylic acid groups (broad SMARTS) is 1. The minimum atomic E-state index is -1.17. The molecule has 2 rings (SSSR count). The highest BCUT2D eigenvalue weighted by Crippen LogP contribution is 2.14. The van der Waals surface area contributed by atoms with Gasteiger partial charge in [0.15, 0.2) is 0 Å². The topological polar surface area (TPSA) is 59.7 Å². The second-order valence-corrected chi connectivity index (χ2v) is 3.68. The molecular weight excluding hydrogens is 239 g/mol. The van der Waals surface area contributed by atoms with Crippen molar-refractivity contribution in [2.75, 3.05) is 0 Å². The van der Waals surface area contributed by atoms with Gasteiger partial charge in [-0.15, -0.1) is 0 Å². The fraction of sp³-hybridized carbons (Fsp3) is 0.154. The zero-order chi connectivity index (χ0) is 13.0. The Bertz CT molecular complexity index is 534. The Kier molecular flexibility index (Phi) is 3.74. The van der Waals surface area contributed by atoms with Crippen molar-refractivity contribution < 1.29 is 23.4 Å². The summed E-state index contributed by atoms with van der Waals surface area (Å²) in [6.45, 7) is 0.325. The van der Waals surface area contributed by atoms with Gasteiger partial charge in [0, 0.05) is 0 Å². The van der Waals surface area contributed by atoms with Crippen LogP contribution in [-0.4, -0.2) is 11.1 Å². The van der Waals surface area contributed by atoms with Gasteiger partial charge in [0.2, 0.25) is 0 Å². The number of ether oxygens (including phenoxy) is 1. The predicted molar refractivity (Wildman–Crippen MR) is 60.6 cm³/mol. The van der Waals surface area contributed by atoms with Crippen LogP contribution in [0.15, 0.2) is 41.0 Å². The van der Waals surface area contributed by atoms with Crippen molar-refractivity contribution in [1.82, 2.24) is 0 Å². The molecule has 0 radical (unpaired) electrons. The number of rotatable bonds is 5. The maximum Gasteiger partial charge on any atom is 0.336 e. The minimum Gasteiger partial charge on any atom is -0.478 e. The third kappa shape index (κ3) is 2.95. The first kappa shape index (κ1) is 12.3. The number of halogens is 1. The fourth-order valence-corrected chi connectivity index (χ4v) is 1.53. The van der Waals surface area contributed by atoms with E-state index in [0.717, 1.165) is 6.07 Å². The van der Waals surface area contributed by atoms with Gasteiger partial charge in [-0.25, -0.2) is 9.18 Å². The molecule has 0 aliphatic rings. The number of benzene rings is 1. The molecule has 4 nitrogen and oxygen atoms in total. The Labute approximate surface area is 103 Å². The number of carbonyl (C=O) groups is 1. The van der Waals surface area contributed by atoms with E-state index in [4.69, 9.17) is 14.3 Å². The van der Waals surface area contributed by atoms with Crippen LogP contribution in [0.1, 0.15) is 21.7 Å². The zero-order valence-corrected chi connectivity index (χ0v) is 9.43. The summed E-state index contributed by atoms with van der Waals surface area (Å²) in [7, 11) is 0. The SMILES string of the molecule is O=C(O)c1cc(F)ccc1COCc1ccco1. The molecular formula is C13H11FO4. The Hall–Kier alpha value is -2.14. The molecule has 2 aromatic rings. The maximum atomic E-state index is 12.9. The molecule has 0 amide bonds.